The normalized spacial score (nSPS) is 23.4. The smallest absolute Gasteiger partial charge is 0.256 e. The van der Waals surface area contributed by atoms with Crippen LogP contribution in [0.5, 0.6) is 0 Å². The summed E-state index contributed by atoms with van der Waals surface area (Å²) in [6, 6.07) is 3.52. The Morgan fingerprint density at radius 2 is 2.44 bits per heavy atom. The Bertz CT molecular complexity index is 439. The molecule has 1 saturated heterocycles. The number of hydrogen-bond acceptors (Lipinski definition) is 4. The lowest BCUT2D eigenvalue weighted by Crippen LogP contribution is -2.40. The van der Waals surface area contributed by atoms with E-state index in [0.717, 1.165) is 11.4 Å². The molecule has 4 nitrogen and oxygen atoms in total. The minimum Gasteiger partial charge on any atom is -0.394 e. The van der Waals surface area contributed by atoms with Crippen molar-refractivity contribution in [2.75, 3.05) is 19.4 Å². The maximum absolute atomic E-state index is 12.5. The van der Waals surface area contributed by atoms with E-state index in [-0.39, 0.29) is 18.6 Å². The van der Waals surface area contributed by atoms with Gasteiger partial charge in [-0.05, 0) is 30.7 Å². The Balaban J connectivity index is 2.26. The molecule has 2 rings (SSSR count). The van der Waals surface area contributed by atoms with E-state index in [9.17, 15) is 9.90 Å². The van der Waals surface area contributed by atoms with Crippen LogP contribution in [0.25, 0.3) is 0 Å². The van der Waals surface area contributed by atoms with Gasteiger partial charge in [-0.15, -0.1) is 11.8 Å². The van der Waals surface area contributed by atoms with E-state index in [0.29, 0.717) is 18.0 Å². The summed E-state index contributed by atoms with van der Waals surface area (Å²) in [4.78, 5) is 18.5. The van der Waals surface area contributed by atoms with E-state index in [1.54, 1.807) is 23.2 Å². The fourth-order valence-corrected chi connectivity index (χ4v) is 2.95. The van der Waals surface area contributed by atoms with Gasteiger partial charge in [-0.1, -0.05) is 6.92 Å². The highest BCUT2D eigenvalue weighted by Crippen LogP contribution is 2.27. The number of pyridine rings is 1. The van der Waals surface area contributed by atoms with E-state index in [4.69, 9.17) is 0 Å². The summed E-state index contributed by atoms with van der Waals surface area (Å²) in [5.41, 5.74) is 0.637. The van der Waals surface area contributed by atoms with Gasteiger partial charge in [-0.3, -0.25) is 4.79 Å². The largest absolute Gasteiger partial charge is 0.394 e. The number of rotatable bonds is 3. The molecular weight excluding hydrogens is 248 g/mol. The number of carbonyl (C=O) groups is 1. The van der Waals surface area contributed by atoms with Crippen molar-refractivity contribution in [1.29, 1.82) is 0 Å². The molecule has 1 amide bonds. The molecule has 0 aromatic carbocycles. The minimum absolute atomic E-state index is 0.0177. The molecule has 1 N–H and O–H groups in total. The Morgan fingerprint density at radius 1 is 1.67 bits per heavy atom. The average Bonchev–Trinajstić information content (AvgIpc) is 2.78. The first kappa shape index (κ1) is 13.4. The number of nitrogens with zero attached hydrogens (tertiary/aromatic N) is 2. The highest BCUT2D eigenvalue weighted by atomic mass is 32.2. The van der Waals surface area contributed by atoms with Gasteiger partial charge in [0.05, 0.1) is 18.2 Å². The molecule has 1 fully saturated rings. The summed E-state index contributed by atoms with van der Waals surface area (Å²) in [6.45, 7) is 2.82. The first-order chi connectivity index (χ1) is 8.69. The lowest BCUT2D eigenvalue weighted by molar-refractivity contribution is 0.0644. The number of thioether (sulfide) groups is 1. The molecule has 2 atom stereocenters. The van der Waals surface area contributed by atoms with Crippen LogP contribution in [-0.2, 0) is 0 Å². The summed E-state index contributed by atoms with van der Waals surface area (Å²) >= 11 is 1.47. The van der Waals surface area contributed by atoms with E-state index < -0.39 is 0 Å². The zero-order valence-electron chi connectivity index (χ0n) is 10.7. The number of carbonyl (C=O) groups excluding carboxylic acids is 1. The van der Waals surface area contributed by atoms with Crippen molar-refractivity contribution >= 4 is 17.7 Å². The number of aliphatic hydroxyl groups excluding tert-OH is 1. The van der Waals surface area contributed by atoms with Crippen LogP contribution in [-0.4, -0.2) is 46.3 Å². The van der Waals surface area contributed by atoms with Gasteiger partial charge in [0.25, 0.3) is 5.91 Å². The molecule has 0 saturated carbocycles. The molecule has 1 aliphatic heterocycles. The zero-order valence-corrected chi connectivity index (χ0v) is 11.5. The molecule has 1 aromatic heterocycles. The van der Waals surface area contributed by atoms with E-state index in [1.807, 2.05) is 6.26 Å². The maximum atomic E-state index is 12.5. The standard InChI is InChI=1S/C13H18N2O2S/c1-9-5-7-15(11(9)8-16)13(17)10-4-3-6-14-12(10)18-2/h3-4,6,9,11,16H,5,7-8H2,1-2H3. The number of amides is 1. The highest BCUT2D eigenvalue weighted by molar-refractivity contribution is 7.98. The lowest BCUT2D eigenvalue weighted by atomic mass is 10.0. The third-order valence-corrected chi connectivity index (χ3v) is 4.24. The van der Waals surface area contributed by atoms with Crippen LogP contribution in [0.1, 0.15) is 23.7 Å². The lowest BCUT2D eigenvalue weighted by Gasteiger charge is -2.25. The molecule has 5 heteroatoms. The van der Waals surface area contributed by atoms with Crippen LogP contribution >= 0.6 is 11.8 Å². The van der Waals surface area contributed by atoms with Crippen LogP contribution in [0.15, 0.2) is 23.4 Å². The van der Waals surface area contributed by atoms with Crippen molar-refractivity contribution < 1.29 is 9.90 Å². The number of aliphatic hydroxyl groups is 1. The summed E-state index contributed by atoms with van der Waals surface area (Å²) in [5.74, 6) is 0.337. The molecule has 1 aromatic rings. The third-order valence-electron chi connectivity index (χ3n) is 3.53. The third kappa shape index (κ3) is 2.37. The summed E-state index contributed by atoms with van der Waals surface area (Å²) in [6.07, 6.45) is 4.56. The summed E-state index contributed by atoms with van der Waals surface area (Å²) < 4.78 is 0. The fraction of sp³-hybridized carbons (Fsp3) is 0.538. The van der Waals surface area contributed by atoms with Gasteiger partial charge in [0.15, 0.2) is 0 Å². The van der Waals surface area contributed by atoms with Gasteiger partial charge in [0.1, 0.15) is 5.03 Å². The van der Waals surface area contributed by atoms with Crippen LogP contribution < -0.4 is 0 Å². The van der Waals surface area contributed by atoms with Crippen molar-refractivity contribution in [3.8, 4) is 0 Å². The van der Waals surface area contributed by atoms with Gasteiger partial charge >= 0.3 is 0 Å². The number of hydrogen-bond donors (Lipinski definition) is 1. The second kappa shape index (κ2) is 5.71. The molecule has 0 aliphatic carbocycles. The fourth-order valence-electron chi connectivity index (χ4n) is 2.41. The molecule has 98 valence electrons. The predicted octanol–water partition coefficient (Wildman–Crippen LogP) is 1.65. The molecule has 1 aliphatic rings. The average molecular weight is 266 g/mol. The van der Waals surface area contributed by atoms with Crippen molar-refractivity contribution in [3.05, 3.63) is 23.9 Å². The van der Waals surface area contributed by atoms with Gasteiger partial charge in [0.2, 0.25) is 0 Å². The van der Waals surface area contributed by atoms with Crippen LogP contribution in [0.3, 0.4) is 0 Å². The monoisotopic (exact) mass is 266 g/mol. The zero-order chi connectivity index (χ0) is 13.1. The predicted molar refractivity (Wildman–Crippen MR) is 71.7 cm³/mol. The van der Waals surface area contributed by atoms with Gasteiger partial charge in [-0.2, -0.15) is 0 Å². The number of aromatic nitrogens is 1. The van der Waals surface area contributed by atoms with Crippen molar-refractivity contribution in [2.24, 2.45) is 5.92 Å². The second-order valence-corrected chi connectivity index (χ2v) is 5.37. The quantitative estimate of drug-likeness (QED) is 0.845. The highest BCUT2D eigenvalue weighted by Gasteiger charge is 2.34. The molecule has 2 heterocycles. The second-order valence-electron chi connectivity index (χ2n) is 4.57. The Kier molecular flexibility index (Phi) is 4.24. The first-order valence-corrected chi connectivity index (χ1v) is 7.32. The van der Waals surface area contributed by atoms with E-state index in [1.165, 1.54) is 11.8 Å². The number of likely N-dealkylation sites (tertiary alicyclic amines) is 1. The maximum Gasteiger partial charge on any atom is 0.256 e. The van der Waals surface area contributed by atoms with E-state index in [2.05, 4.69) is 11.9 Å². The van der Waals surface area contributed by atoms with Crippen molar-refractivity contribution in [1.82, 2.24) is 9.88 Å². The van der Waals surface area contributed by atoms with Crippen LogP contribution in [0.4, 0.5) is 0 Å². The van der Waals surface area contributed by atoms with Crippen molar-refractivity contribution in [3.63, 3.8) is 0 Å². The molecule has 18 heavy (non-hydrogen) atoms. The first-order valence-electron chi connectivity index (χ1n) is 6.10. The van der Waals surface area contributed by atoms with Gasteiger partial charge in [-0.25, -0.2) is 4.98 Å². The van der Waals surface area contributed by atoms with Crippen LogP contribution in [0, 0.1) is 5.92 Å². The minimum atomic E-state index is -0.0626. The molecular formula is C13H18N2O2S. The molecule has 0 spiro atoms. The Labute approximate surface area is 111 Å². The van der Waals surface area contributed by atoms with Gasteiger partial charge in [0, 0.05) is 12.7 Å². The molecule has 0 bridgehead atoms. The SMILES string of the molecule is CSc1ncccc1C(=O)N1CCC(C)C1CO. The Morgan fingerprint density at radius 3 is 3.11 bits per heavy atom. The van der Waals surface area contributed by atoms with Crippen molar-refractivity contribution in [2.45, 2.75) is 24.4 Å². The molecule has 0 radical (unpaired) electrons. The van der Waals surface area contributed by atoms with Crippen LogP contribution in [0.2, 0.25) is 0 Å². The summed E-state index contributed by atoms with van der Waals surface area (Å²) in [7, 11) is 0. The van der Waals surface area contributed by atoms with Gasteiger partial charge < -0.3 is 10.0 Å². The topological polar surface area (TPSA) is 53.4 Å². The summed E-state index contributed by atoms with van der Waals surface area (Å²) in [5, 5.41) is 10.2. The van der Waals surface area contributed by atoms with E-state index >= 15 is 0 Å². The molecule has 2 unspecified atom stereocenters. The Hall–Kier alpha value is -1.07.